The van der Waals surface area contributed by atoms with Crippen LogP contribution < -0.4 is 5.32 Å². The Bertz CT molecular complexity index is 741. The maximum Gasteiger partial charge on any atom is 0.242 e. The second-order valence-electron chi connectivity index (χ2n) is 10.6. The molecule has 37 heavy (non-hydrogen) atoms. The SMILES string of the molecule is CCCC(C)(CCSCCSCCC(C)(CC)CN1C(=S)CN(CC)C1=S)CN(C=O)C(=O)CNCC. The van der Waals surface area contributed by atoms with Crippen LogP contribution in [0.4, 0.5) is 0 Å². The molecule has 0 saturated carbocycles. The number of imide groups is 1. The van der Waals surface area contributed by atoms with Gasteiger partial charge in [0.15, 0.2) is 5.11 Å². The molecule has 0 bridgehead atoms. The molecule has 2 atom stereocenters. The topological polar surface area (TPSA) is 55.9 Å². The number of hydrogen-bond donors (Lipinski definition) is 1. The molecule has 0 aromatic carbocycles. The van der Waals surface area contributed by atoms with Crippen molar-refractivity contribution in [1.82, 2.24) is 20.0 Å². The number of carbonyl (C=O) groups excluding carboxylic acids is 2. The van der Waals surface area contributed by atoms with Crippen molar-refractivity contribution in [2.75, 3.05) is 62.3 Å². The summed E-state index contributed by atoms with van der Waals surface area (Å²) >= 11 is 15.3. The van der Waals surface area contributed by atoms with E-state index in [1.165, 1.54) is 4.90 Å². The largest absolute Gasteiger partial charge is 0.342 e. The quantitative estimate of drug-likeness (QED) is 0.109. The van der Waals surface area contributed by atoms with Gasteiger partial charge in [-0.3, -0.25) is 14.5 Å². The van der Waals surface area contributed by atoms with Crippen LogP contribution in [-0.2, 0) is 9.59 Å². The van der Waals surface area contributed by atoms with Crippen molar-refractivity contribution in [2.45, 2.75) is 73.6 Å². The second kappa shape index (κ2) is 18.0. The van der Waals surface area contributed by atoms with Crippen LogP contribution in [0.25, 0.3) is 0 Å². The Labute approximate surface area is 245 Å². The number of amides is 2. The molecule has 1 aliphatic rings. The van der Waals surface area contributed by atoms with Gasteiger partial charge in [-0.15, -0.1) is 0 Å². The van der Waals surface area contributed by atoms with Crippen molar-refractivity contribution in [2.24, 2.45) is 10.8 Å². The number of likely N-dealkylation sites (N-methyl/N-ethyl adjacent to an activating group) is 2. The predicted octanol–water partition coefficient (Wildman–Crippen LogP) is 5.30. The van der Waals surface area contributed by atoms with Gasteiger partial charge in [0.2, 0.25) is 12.3 Å². The fourth-order valence-corrected chi connectivity index (χ4v) is 7.88. The normalized spacial score (nSPS) is 17.1. The molecule has 1 rings (SSSR count). The third kappa shape index (κ3) is 12.1. The first-order valence-corrected chi connectivity index (χ1v) is 16.9. The van der Waals surface area contributed by atoms with Gasteiger partial charge in [0, 0.05) is 31.1 Å². The lowest BCUT2D eigenvalue weighted by atomic mass is 9.82. The minimum Gasteiger partial charge on any atom is -0.342 e. The Morgan fingerprint density at radius 2 is 1.65 bits per heavy atom. The number of thiocarbonyl (C=S) groups is 2. The lowest BCUT2D eigenvalue weighted by Gasteiger charge is -2.34. The Balaban J connectivity index is 2.38. The van der Waals surface area contributed by atoms with Gasteiger partial charge < -0.3 is 15.1 Å². The highest BCUT2D eigenvalue weighted by atomic mass is 32.2. The summed E-state index contributed by atoms with van der Waals surface area (Å²) in [5.74, 6) is 4.32. The first-order chi connectivity index (χ1) is 17.6. The number of nitrogens with one attached hydrogen (secondary N) is 1. The van der Waals surface area contributed by atoms with E-state index in [1.54, 1.807) is 0 Å². The molecular weight excluding hydrogens is 541 g/mol. The third-order valence-corrected chi connectivity index (χ3v) is 10.4. The van der Waals surface area contributed by atoms with Gasteiger partial charge in [0.1, 0.15) is 4.99 Å². The lowest BCUT2D eigenvalue weighted by Crippen LogP contribution is -2.43. The number of nitrogens with zero attached hydrogens (tertiary/aromatic N) is 3. The Morgan fingerprint density at radius 3 is 2.14 bits per heavy atom. The summed E-state index contributed by atoms with van der Waals surface area (Å²) in [5, 5.41) is 3.92. The molecule has 10 heteroatoms. The van der Waals surface area contributed by atoms with Crippen LogP contribution in [0.3, 0.4) is 0 Å². The molecule has 1 heterocycles. The Kier molecular flexibility index (Phi) is 16.9. The Morgan fingerprint density at radius 1 is 1.03 bits per heavy atom. The van der Waals surface area contributed by atoms with Crippen molar-refractivity contribution in [3.63, 3.8) is 0 Å². The van der Waals surface area contributed by atoms with E-state index in [1.807, 2.05) is 30.4 Å². The summed E-state index contributed by atoms with van der Waals surface area (Å²) in [5.41, 5.74) is 0.166. The monoisotopic (exact) mass is 590 g/mol. The average molecular weight is 591 g/mol. The standard InChI is InChI=1S/C27H50N4O2S4/c1-7-11-27(6,20-30(22-32)23(33)18-28-9-3)13-15-37-17-16-36-14-12-26(5,8-2)21-31-24(34)19-29(10-4)25(31)35/h22,28H,7-21H2,1-6H3. The van der Waals surface area contributed by atoms with E-state index in [0.717, 1.165) is 91.4 Å². The van der Waals surface area contributed by atoms with Gasteiger partial charge in [-0.25, -0.2) is 0 Å². The first-order valence-electron chi connectivity index (χ1n) is 13.8. The highest BCUT2D eigenvalue weighted by Gasteiger charge is 2.34. The van der Waals surface area contributed by atoms with Gasteiger partial charge in [0.25, 0.3) is 0 Å². The van der Waals surface area contributed by atoms with E-state index in [4.69, 9.17) is 24.4 Å². The summed E-state index contributed by atoms with van der Waals surface area (Å²) in [6.07, 6.45) is 6.03. The molecule has 0 spiro atoms. The molecule has 214 valence electrons. The number of rotatable bonds is 21. The van der Waals surface area contributed by atoms with Gasteiger partial charge >= 0.3 is 0 Å². The van der Waals surface area contributed by atoms with E-state index in [9.17, 15) is 9.59 Å². The van der Waals surface area contributed by atoms with Crippen LogP contribution >= 0.6 is 48.0 Å². The molecule has 1 N–H and O–H groups in total. The van der Waals surface area contributed by atoms with Gasteiger partial charge in [-0.1, -0.05) is 53.3 Å². The van der Waals surface area contributed by atoms with Crippen molar-refractivity contribution < 1.29 is 9.59 Å². The van der Waals surface area contributed by atoms with Crippen LogP contribution in [0.15, 0.2) is 0 Å². The zero-order valence-corrected chi connectivity index (χ0v) is 27.2. The maximum absolute atomic E-state index is 12.3. The molecule has 0 aromatic rings. The summed E-state index contributed by atoms with van der Waals surface area (Å²) in [4.78, 5) is 30.6. The van der Waals surface area contributed by atoms with Crippen molar-refractivity contribution in [3.05, 3.63) is 0 Å². The predicted molar refractivity (Wildman–Crippen MR) is 171 cm³/mol. The van der Waals surface area contributed by atoms with Crippen LogP contribution in [-0.4, -0.2) is 99.4 Å². The van der Waals surface area contributed by atoms with Crippen LogP contribution in [0.5, 0.6) is 0 Å². The molecule has 2 amide bonds. The summed E-state index contributed by atoms with van der Waals surface area (Å²) in [6, 6.07) is 0. The average Bonchev–Trinajstić information content (AvgIpc) is 3.15. The van der Waals surface area contributed by atoms with E-state index in [2.05, 4.69) is 49.7 Å². The fourth-order valence-electron chi connectivity index (χ4n) is 4.52. The molecule has 0 radical (unpaired) electrons. The zero-order chi connectivity index (χ0) is 27.9. The summed E-state index contributed by atoms with van der Waals surface area (Å²) < 4.78 is 0. The highest BCUT2D eigenvalue weighted by Crippen LogP contribution is 2.32. The van der Waals surface area contributed by atoms with Crippen LogP contribution in [0.1, 0.15) is 73.6 Å². The summed E-state index contributed by atoms with van der Waals surface area (Å²) in [6.45, 7) is 17.1. The van der Waals surface area contributed by atoms with Gasteiger partial charge in [-0.2, -0.15) is 23.5 Å². The molecule has 1 saturated heterocycles. The highest BCUT2D eigenvalue weighted by molar-refractivity contribution is 8.02. The number of thioether (sulfide) groups is 2. The van der Waals surface area contributed by atoms with Crippen molar-refractivity contribution in [1.29, 1.82) is 0 Å². The molecule has 1 fully saturated rings. The minimum atomic E-state index is -0.140. The molecule has 1 aliphatic heterocycles. The van der Waals surface area contributed by atoms with E-state index in [0.29, 0.717) is 13.0 Å². The number of carbonyl (C=O) groups is 2. The molecule has 2 unspecified atom stereocenters. The van der Waals surface area contributed by atoms with Crippen LogP contribution in [0.2, 0.25) is 0 Å². The third-order valence-electron chi connectivity index (χ3n) is 7.36. The number of hydrogen-bond acceptors (Lipinski definition) is 7. The minimum absolute atomic E-state index is 0.0370. The van der Waals surface area contributed by atoms with Gasteiger partial charge in [0.05, 0.1) is 13.1 Å². The van der Waals surface area contributed by atoms with E-state index in [-0.39, 0.29) is 23.3 Å². The lowest BCUT2D eigenvalue weighted by molar-refractivity contribution is -0.139. The summed E-state index contributed by atoms with van der Waals surface area (Å²) in [7, 11) is 0. The van der Waals surface area contributed by atoms with Crippen LogP contribution in [0, 0.1) is 10.8 Å². The fraction of sp³-hybridized carbons (Fsp3) is 0.852. The molecule has 0 aromatic heterocycles. The smallest absolute Gasteiger partial charge is 0.242 e. The van der Waals surface area contributed by atoms with Crippen molar-refractivity contribution in [3.8, 4) is 0 Å². The molecular formula is C27H50N4O2S4. The zero-order valence-electron chi connectivity index (χ0n) is 24.0. The molecule has 0 aliphatic carbocycles. The van der Waals surface area contributed by atoms with Crippen molar-refractivity contribution >= 4 is 70.4 Å². The first kappa shape index (κ1) is 34.6. The Hall–Kier alpha value is -0.420. The van der Waals surface area contributed by atoms with Gasteiger partial charge in [-0.05, 0) is 73.7 Å². The molecule has 6 nitrogen and oxygen atoms in total. The maximum atomic E-state index is 12.3. The van der Waals surface area contributed by atoms with E-state index < -0.39 is 0 Å². The second-order valence-corrected chi connectivity index (χ2v) is 13.9. The van der Waals surface area contributed by atoms with E-state index >= 15 is 0 Å².